The Morgan fingerprint density at radius 3 is 2.05 bits per heavy atom. The third-order valence-electron chi connectivity index (χ3n) is 2.58. The first-order valence-electron chi connectivity index (χ1n) is 5.66. The van der Waals surface area contributed by atoms with Crippen LogP contribution in [0.4, 0.5) is 27.6 Å². The number of hydrogen-bond acceptors (Lipinski definition) is 3. The molecule has 0 spiro atoms. The Bertz CT molecular complexity index is 672. The molecule has 0 aliphatic rings. The molecule has 2 aromatic rings. The highest BCUT2D eigenvalue weighted by Crippen LogP contribution is 2.27. The highest BCUT2D eigenvalue weighted by molar-refractivity contribution is 5.97. The van der Waals surface area contributed by atoms with Crippen LogP contribution < -0.4 is 5.43 Å². The van der Waals surface area contributed by atoms with Crippen LogP contribution in [0.5, 0.6) is 0 Å². The van der Waals surface area contributed by atoms with Crippen LogP contribution in [0.25, 0.3) is 0 Å². The van der Waals surface area contributed by atoms with Gasteiger partial charge in [-0.15, -0.1) is 0 Å². The van der Waals surface area contributed by atoms with E-state index >= 15 is 0 Å². The molecule has 0 bridgehead atoms. The highest BCUT2D eigenvalue weighted by Gasteiger charge is 2.25. The maximum Gasteiger partial charge on any atom is 0.200 e. The summed E-state index contributed by atoms with van der Waals surface area (Å²) in [5.74, 6) is -10.3. The first-order valence-corrected chi connectivity index (χ1v) is 5.66. The smallest absolute Gasteiger partial charge is 0.200 e. The molecule has 0 saturated heterocycles. The Kier molecular flexibility index (Phi) is 4.15. The van der Waals surface area contributed by atoms with E-state index in [1.807, 2.05) is 5.43 Å². The fourth-order valence-corrected chi connectivity index (χ4v) is 1.48. The van der Waals surface area contributed by atoms with E-state index in [4.69, 9.17) is 0 Å². The highest BCUT2D eigenvalue weighted by atomic mass is 19.2. The minimum Gasteiger partial charge on any atom is -0.272 e. The Morgan fingerprint density at radius 1 is 0.952 bits per heavy atom. The summed E-state index contributed by atoms with van der Waals surface area (Å²) in [7, 11) is 0. The van der Waals surface area contributed by atoms with Gasteiger partial charge in [0.2, 0.25) is 5.82 Å². The van der Waals surface area contributed by atoms with Crippen molar-refractivity contribution < 1.29 is 22.0 Å². The lowest BCUT2D eigenvalue weighted by atomic mass is 10.2. The third kappa shape index (κ3) is 2.83. The largest absolute Gasteiger partial charge is 0.272 e. The summed E-state index contributed by atoms with van der Waals surface area (Å²) in [5, 5.41) is 3.57. The fourth-order valence-electron chi connectivity index (χ4n) is 1.48. The van der Waals surface area contributed by atoms with Crippen LogP contribution in [0.2, 0.25) is 0 Å². The van der Waals surface area contributed by atoms with Crippen molar-refractivity contribution >= 4 is 11.4 Å². The summed E-state index contributed by atoms with van der Waals surface area (Å²) in [4.78, 5) is 3.92. The van der Waals surface area contributed by atoms with E-state index in [1.165, 1.54) is 13.1 Å². The van der Waals surface area contributed by atoms with Crippen LogP contribution in [0.3, 0.4) is 0 Å². The maximum atomic E-state index is 13.4. The zero-order valence-electron chi connectivity index (χ0n) is 10.6. The van der Waals surface area contributed by atoms with E-state index < -0.39 is 34.8 Å². The van der Waals surface area contributed by atoms with Gasteiger partial charge in [-0.2, -0.15) is 5.10 Å². The van der Waals surface area contributed by atoms with Crippen LogP contribution in [0, 0.1) is 29.1 Å². The molecule has 0 atom stereocenters. The zero-order valence-corrected chi connectivity index (χ0v) is 10.6. The number of aromatic nitrogens is 1. The van der Waals surface area contributed by atoms with Crippen molar-refractivity contribution in [3.8, 4) is 0 Å². The van der Waals surface area contributed by atoms with Crippen molar-refractivity contribution in [1.82, 2.24) is 4.98 Å². The van der Waals surface area contributed by atoms with Gasteiger partial charge >= 0.3 is 0 Å². The molecule has 8 heteroatoms. The molecular formula is C13H8F5N3. The lowest BCUT2D eigenvalue weighted by Crippen LogP contribution is -2.08. The number of halogens is 5. The molecule has 1 heterocycles. The van der Waals surface area contributed by atoms with Crippen molar-refractivity contribution in [3.05, 3.63) is 59.2 Å². The van der Waals surface area contributed by atoms with Crippen molar-refractivity contribution in [1.29, 1.82) is 0 Å². The van der Waals surface area contributed by atoms with Gasteiger partial charge in [0.05, 0.1) is 11.4 Å². The average molecular weight is 301 g/mol. The van der Waals surface area contributed by atoms with Crippen LogP contribution in [0.15, 0.2) is 29.5 Å². The Morgan fingerprint density at radius 2 is 1.52 bits per heavy atom. The summed E-state index contributed by atoms with van der Waals surface area (Å²) in [5.41, 5.74) is 1.21. The van der Waals surface area contributed by atoms with E-state index in [9.17, 15) is 22.0 Å². The second-order valence-electron chi connectivity index (χ2n) is 3.97. The predicted octanol–water partition coefficient (Wildman–Crippen LogP) is 3.61. The van der Waals surface area contributed by atoms with Gasteiger partial charge in [-0.25, -0.2) is 22.0 Å². The number of benzene rings is 1. The normalized spacial score (nSPS) is 11.6. The van der Waals surface area contributed by atoms with Gasteiger partial charge in [-0.3, -0.25) is 10.4 Å². The molecule has 110 valence electrons. The maximum absolute atomic E-state index is 13.4. The van der Waals surface area contributed by atoms with Crippen LogP contribution in [0.1, 0.15) is 12.6 Å². The molecule has 0 amide bonds. The molecule has 1 aromatic carbocycles. The summed E-state index contributed by atoms with van der Waals surface area (Å²) >= 11 is 0. The molecule has 1 aromatic heterocycles. The first-order chi connectivity index (χ1) is 9.93. The Hall–Kier alpha value is -2.51. The summed E-state index contributed by atoms with van der Waals surface area (Å²) < 4.78 is 65.6. The molecular weight excluding hydrogens is 293 g/mol. The quantitative estimate of drug-likeness (QED) is 0.309. The van der Waals surface area contributed by atoms with Gasteiger partial charge in [0, 0.05) is 6.20 Å². The Balaban J connectivity index is 2.37. The SMILES string of the molecule is C/C(=N\Nc1c(F)c(F)c(F)c(F)c1F)c1ccccn1. The second kappa shape index (κ2) is 5.86. The molecule has 0 fully saturated rings. The number of rotatable bonds is 3. The average Bonchev–Trinajstić information content (AvgIpc) is 2.51. The minimum absolute atomic E-state index is 0.208. The summed E-state index contributed by atoms with van der Waals surface area (Å²) in [6.07, 6.45) is 1.47. The first kappa shape index (κ1) is 14.9. The van der Waals surface area contributed by atoms with Gasteiger partial charge in [0.1, 0.15) is 5.69 Å². The third-order valence-corrected chi connectivity index (χ3v) is 2.58. The fraction of sp³-hybridized carbons (Fsp3) is 0.0769. The molecule has 0 radical (unpaired) electrons. The molecule has 0 saturated carbocycles. The number of hydrogen-bond donors (Lipinski definition) is 1. The standard InChI is InChI=1S/C13H8F5N3/c1-6(7-4-2-3-5-19-7)20-21-13-11(17)9(15)8(14)10(16)12(13)18/h2-5,21H,1H3/b20-6+. The summed E-state index contributed by atoms with van der Waals surface area (Å²) in [6, 6.07) is 4.87. The molecule has 3 nitrogen and oxygen atoms in total. The topological polar surface area (TPSA) is 37.3 Å². The van der Waals surface area contributed by atoms with Gasteiger partial charge < -0.3 is 0 Å². The van der Waals surface area contributed by atoms with E-state index in [1.54, 1.807) is 18.2 Å². The number of hydrazone groups is 1. The van der Waals surface area contributed by atoms with Crippen LogP contribution >= 0.6 is 0 Å². The van der Waals surface area contributed by atoms with Gasteiger partial charge in [0.15, 0.2) is 23.3 Å². The predicted molar refractivity (Wildman–Crippen MR) is 66.3 cm³/mol. The van der Waals surface area contributed by atoms with Crippen molar-refractivity contribution in [2.75, 3.05) is 5.43 Å². The zero-order chi connectivity index (χ0) is 15.6. The lowest BCUT2D eigenvalue weighted by molar-refractivity contribution is 0.381. The second-order valence-corrected chi connectivity index (χ2v) is 3.97. The van der Waals surface area contributed by atoms with Crippen molar-refractivity contribution in [2.24, 2.45) is 5.10 Å². The lowest BCUT2D eigenvalue weighted by Gasteiger charge is -2.08. The van der Waals surface area contributed by atoms with E-state index in [0.717, 1.165) is 0 Å². The van der Waals surface area contributed by atoms with Crippen LogP contribution in [-0.4, -0.2) is 10.7 Å². The van der Waals surface area contributed by atoms with Gasteiger partial charge in [-0.05, 0) is 19.1 Å². The Labute approximate surface area is 116 Å². The number of nitrogens with one attached hydrogen (secondary N) is 1. The number of nitrogens with zero attached hydrogens (tertiary/aromatic N) is 2. The van der Waals surface area contributed by atoms with Crippen molar-refractivity contribution in [2.45, 2.75) is 6.92 Å². The van der Waals surface area contributed by atoms with E-state index in [0.29, 0.717) is 5.69 Å². The monoisotopic (exact) mass is 301 g/mol. The minimum atomic E-state index is -2.22. The van der Waals surface area contributed by atoms with Crippen LogP contribution in [-0.2, 0) is 0 Å². The molecule has 0 aliphatic heterocycles. The number of anilines is 1. The molecule has 0 unspecified atom stereocenters. The molecule has 0 aliphatic carbocycles. The van der Waals surface area contributed by atoms with Gasteiger partial charge in [0.25, 0.3) is 0 Å². The molecule has 1 N–H and O–H groups in total. The van der Waals surface area contributed by atoms with E-state index in [-0.39, 0.29) is 5.71 Å². The summed E-state index contributed by atoms with van der Waals surface area (Å²) in [6.45, 7) is 1.46. The number of pyridine rings is 1. The molecule has 21 heavy (non-hydrogen) atoms. The van der Waals surface area contributed by atoms with Crippen molar-refractivity contribution in [3.63, 3.8) is 0 Å². The van der Waals surface area contributed by atoms with E-state index in [2.05, 4.69) is 10.1 Å². The van der Waals surface area contributed by atoms with Gasteiger partial charge in [-0.1, -0.05) is 6.07 Å². The molecule has 2 rings (SSSR count).